The maximum absolute atomic E-state index is 12.8. The van der Waals surface area contributed by atoms with Crippen molar-refractivity contribution in [1.82, 2.24) is 0 Å². The molecule has 4 atom stereocenters. The largest absolute Gasteiger partial charge is 0.491 e. The van der Waals surface area contributed by atoms with Gasteiger partial charge in [-0.2, -0.15) is 0 Å². The Balaban J connectivity index is 1.35. The number of hydrogen-bond donors (Lipinski definition) is 0. The molecule has 0 N–H and O–H groups in total. The third-order valence-corrected chi connectivity index (χ3v) is 7.87. The summed E-state index contributed by atoms with van der Waals surface area (Å²) in [6.45, 7) is 7.95. The lowest BCUT2D eigenvalue weighted by molar-refractivity contribution is -0.159. The highest BCUT2D eigenvalue weighted by molar-refractivity contribution is 6.04. The standard InChI is InChI=1S/C33H36O6/c1-5-36-32(35)33(23(4)34)18-25-11-10-24(16-26(25)19-33)29-17-30(38-28-14-8-22(3)9-15-28)31(39-29)20-37-27-12-6-21(2)7-13-27/h6-16,29-31H,5,17-20H2,1-4H3/t29?,30-,31+,33?/m0/s1. The van der Waals surface area contributed by atoms with Gasteiger partial charge in [-0.05, 0) is 81.5 Å². The van der Waals surface area contributed by atoms with Gasteiger partial charge in [-0.25, -0.2) is 0 Å². The van der Waals surface area contributed by atoms with Gasteiger partial charge in [0.25, 0.3) is 0 Å². The predicted molar refractivity (Wildman–Crippen MR) is 148 cm³/mol. The van der Waals surface area contributed by atoms with Gasteiger partial charge in [0.15, 0.2) is 0 Å². The van der Waals surface area contributed by atoms with E-state index in [1.165, 1.54) is 18.1 Å². The van der Waals surface area contributed by atoms with E-state index in [-0.39, 0.29) is 30.7 Å². The van der Waals surface area contributed by atoms with Crippen molar-refractivity contribution in [3.05, 3.63) is 94.5 Å². The Bertz CT molecular complexity index is 1330. The van der Waals surface area contributed by atoms with Crippen molar-refractivity contribution >= 4 is 11.8 Å². The number of fused-ring (bicyclic) bond motifs is 1. The van der Waals surface area contributed by atoms with Crippen molar-refractivity contribution in [1.29, 1.82) is 0 Å². The maximum Gasteiger partial charge on any atom is 0.320 e. The second-order valence-electron chi connectivity index (χ2n) is 10.7. The van der Waals surface area contributed by atoms with E-state index in [1.54, 1.807) is 6.92 Å². The number of carbonyl (C=O) groups is 2. The lowest BCUT2D eigenvalue weighted by Gasteiger charge is -2.23. The van der Waals surface area contributed by atoms with Crippen molar-refractivity contribution in [3.8, 4) is 11.5 Å². The molecule has 39 heavy (non-hydrogen) atoms. The summed E-state index contributed by atoms with van der Waals surface area (Å²) in [5.41, 5.74) is 4.21. The molecule has 1 fully saturated rings. The summed E-state index contributed by atoms with van der Waals surface area (Å²) in [5, 5.41) is 0. The minimum Gasteiger partial charge on any atom is -0.491 e. The van der Waals surface area contributed by atoms with E-state index in [0.717, 1.165) is 28.2 Å². The number of ether oxygens (including phenoxy) is 4. The minimum absolute atomic E-state index is 0.157. The van der Waals surface area contributed by atoms with Crippen LogP contribution >= 0.6 is 0 Å². The Labute approximate surface area is 230 Å². The first-order chi connectivity index (χ1) is 18.8. The van der Waals surface area contributed by atoms with Crippen LogP contribution in [0.3, 0.4) is 0 Å². The van der Waals surface area contributed by atoms with Crippen molar-refractivity contribution in [3.63, 3.8) is 0 Å². The lowest BCUT2D eigenvalue weighted by Crippen LogP contribution is -2.40. The fourth-order valence-electron chi connectivity index (χ4n) is 5.51. The first-order valence-corrected chi connectivity index (χ1v) is 13.7. The van der Waals surface area contributed by atoms with Crippen LogP contribution in [0, 0.1) is 19.3 Å². The summed E-state index contributed by atoms with van der Waals surface area (Å²) >= 11 is 0. The molecule has 3 aromatic rings. The molecule has 1 heterocycles. The van der Waals surface area contributed by atoms with Crippen LogP contribution in [-0.4, -0.2) is 37.2 Å². The number of carbonyl (C=O) groups excluding carboxylic acids is 2. The Morgan fingerprint density at radius 3 is 2.18 bits per heavy atom. The van der Waals surface area contributed by atoms with E-state index >= 15 is 0 Å². The van der Waals surface area contributed by atoms with Gasteiger partial charge in [0.2, 0.25) is 0 Å². The molecule has 0 radical (unpaired) electrons. The second-order valence-corrected chi connectivity index (χ2v) is 10.7. The van der Waals surface area contributed by atoms with Gasteiger partial charge in [-0.1, -0.05) is 53.6 Å². The van der Waals surface area contributed by atoms with E-state index in [2.05, 4.69) is 6.07 Å². The highest BCUT2D eigenvalue weighted by atomic mass is 16.6. The zero-order valence-corrected chi connectivity index (χ0v) is 23.1. The second kappa shape index (κ2) is 11.2. The molecule has 204 valence electrons. The van der Waals surface area contributed by atoms with Gasteiger partial charge in [0.1, 0.15) is 41.5 Å². The molecule has 5 rings (SSSR count). The maximum atomic E-state index is 12.8. The molecule has 2 unspecified atom stereocenters. The molecular formula is C33H36O6. The Morgan fingerprint density at radius 1 is 0.897 bits per heavy atom. The van der Waals surface area contributed by atoms with E-state index in [9.17, 15) is 9.59 Å². The molecule has 0 amide bonds. The fourth-order valence-corrected chi connectivity index (χ4v) is 5.51. The molecule has 1 saturated heterocycles. The first kappa shape index (κ1) is 26.9. The van der Waals surface area contributed by atoms with Gasteiger partial charge >= 0.3 is 5.97 Å². The molecular weight excluding hydrogens is 492 g/mol. The van der Waals surface area contributed by atoms with Crippen LogP contribution in [0.2, 0.25) is 0 Å². The molecule has 1 aliphatic carbocycles. The van der Waals surface area contributed by atoms with Gasteiger partial charge in [-0.15, -0.1) is 0 Å². The first-order valence-electron chi connectivity index (χ1n) is 13.7. The molecule has 6 heteroatoms. The summed E-state index contributed by atoms with van der Waals surface area (Å²) in [6.07, 6.45) is 0.695. The Morgan fingerprint density at radius 2 is 1.54 bits per heavy atom. The van der Waals surface area contributed by atoms with Crippen molar-refractivity contribution in [2.75, 3.05) is 13.2 Å². The van der Waals surface area contributed by atoms with Crippen molar-refractivity contribution in [2.45, 2.75) is 65.3 Å². The third kappa shape index (κ3) is 5.71. The zero-order chi connectivity index (χ0) is 27.6. The molecule has 0 aromatic heterocycles. The third-order valence-electron chi connectivity index (χ3n) is 7.87. The highest BCUT2D eigenvalue weighted by Gasteiger charge is 2.49. The van der Waals surface area contributed by atoms with Crippen molar-refractivity contribution < 1.29 is 28.5 Å². The molecule has 2 aliphatic rings. The normalized spacial score (nSPS) is 23.7. The monoisotopic (exact) mass is 528 g/mol. The lowest BCUT2D eigenvalue weighted by atomic mass is 9.81. The summed E-state index contributed by atoms with van der Waals surface area (Å²) in [6, 6.07) is 22.1. The van der Waals surface area contributed by atoms with Gasteiger partial charge in [-0.3, -0.25) is 9.59 Å². The van der Waals surface area contributed by atoms with Crippen LogP contribution in [-0.2, 0) is 31.9 Å². The summed E-state index contributed by atoms with van der Waals surface area (Å²) in [5.74, 6) is 0.992. The number of aryl methyl sites for hydroxylation is 2. The number of benzene rings is 3. The van der Waals surface area contributed by atoms with E-state index in [0.29, 0.717) is 25.9 Å². The van der Waals surface area contributed by atoms with Gasteiger partial charge in [0.05, 0.1) is 12.7 Å². The Kier molecular flexibility index (Phi) is 7.76. The molecule has 0 bridgehead atoms. The van der Waals surface area contributed by atoms with E-state index in [1.807, 2.05) is 74.5 Å². The summed E-state index contributed by atoms with van der Waals surface area (Å²) in [4.78, 5) is 25.4. The Hall–Kier alpha value is -3.64. The summed E-state index contributed by atoms with van der Waals surface area (Å²) in [7, 11) is 0. The molecule has 0 spiro atoms. The van der Waals surface area contributed by atoms with E-state index < -0.39 is 11.4 Å². The number of hydrogen-bond acceptors (Lipinski definition) is 6. The molecule has 6 nitrogen and oxygen atoms in total. The smallest absolute Gasteiger partial charge is 0.320 e. The molecule has 1 aliphatic heterocycles. The number of Topliss-reactive ketones (excluding diaryl/α,β-unsaturated/α-hetero) is 1. The molecule has 3 aromatic carbocycles. The minimum atomic E-state index is -1.14. The van der Waals surface area contributed by atoms with Crippen LogP contribution < -0.4 is 9.47 Å². The quantitative estimate of drug-likeness (QED) is 0.255. The van der Waals surface area contributed by atoms with Crippen molar-refractivity contribution in [2.24, 2.45) is 5.41 Å². The van der Waals surface area contributed by atoms with Gasteiger partial charge < -0.3 is 18.9 Å². The van der Waals surface area contributed by atoms with E-state index in [4.69, 9.17) is 18.9 Å². The number of esters is 1. The van der Waals surface area contributed by atoms with Gasteiger partial charge in [0, 0.05) is 6.42 Å². The van der Waals surface area contributed by atoms with Crippen LogP contribution in [0.5, 0.6) is 11.5 Å². The fraction of sp³-hybridized carbons (Fsp3) is 0.394. The van der Waals surface area contributed by atoms with Crippen LogP contribution in [0.4, 0.5) is 0 Å². The predicted octanol–water partition coefficient (Wildman–Crippen LogP) is 5.90. The SMILES string of the molecule is CCOC(=O)C1(C(C)=O)Cc2ccc(C3C[C@H](Oc4ccc(C)cc4)[C@@H](COc4ccc(C)cc4)O3)cc2C1. The zero-order valence-electron chi connectivity index (χ0n) is 23.1. The average molecular weight is 529 g/mol. The molecule has 0 saturated carbocycles. The number of rotatable bonds is 9. The highest BCUT2D eigenvalue weighted by Crippen LogP contribution is 2.42. The summed E-state index contributed by atoms with van der Waals surface area (Å²) < 4.78 is 24.3. The average Bonchev–Trinajstić information content (AvgIpc) is 3.51. The van der Waals surface area contributed by atoms with Crippen LogP contribution in [0.25, 0.3) is 0 Å². The topological polar surface area (TPSA) is 71.1 Å². The van der Waals surface area contributed by atoms with Crippen LogP contribution in [0.15, 0.2) is 66.7 Å². The number of ketones is 1. The van der Waals surface area contributed by atoms with Crippen LogP contribution in [0.1, 0.15) is 54.2 Å².